The predicted molar refractivity (Wildman–Crippen MR) is 108 cm³/mol. The third-order valence-corrected chi connectivity index (χ3v) is 3.28. The molecule has 0 aromatic rings. The van der Waals surface area contributed by atoms with Crippen molar-refractivity contribution in [3.63, 3.8) is 0 Å². The van der Waals surface area contributed by atoms with Gasteiger partial charge in [-0.15, -0.1) is 0 Å². The normalized spacial score (nSPS) is 15.5. The summed E-state index contributed by atoms with van der Waals surface area (Å²) >= 11 is 0. The lowest BCUT2D eigenvalue weighted by atomic mass is 10.2. The first kappa shape index (κ1) is 23.8. The van der Waals surface area contributed by atoms with Crippen LogP contribution in [0.2, 0.25) is 0 Å². The zero-order valence-electron chi connectivity index (χ0n) is 15.6. The van der Waals surface area contributed by atoms with Crippen LogP contribution in [-0.2, 0) is 4.79 Å². The summed E-state index contributed by atoms with van der Waals surface area (Å²) < 4.78 is 0. The molecule has 0 unspecified atom stereocenters. The second kappa shape index (κ2) is 17.6. The Morgan fingerprint density at radius 2 is 1.35 bits per heavy atom. The number of aliphatic carboxylic acids is 1. The SMILES string of the molecule is CC/C=C\C[C@@H](O)/C=C/C=C\C/C=C\C=C\[C@H](O)C/C=C\CCC(=O)O. The van der Waals surface area contributed by atoms with Gasteiger partial charge in [0.2, 0.25) is 0 Å². The van der Waals surface area contributed by atoms with Gasteiger partial charge in [-0.3, -0.25) is 4.79 Å². The summed E-state index contributed by atoms with van der Waals surface area (Å²) in [6, 6.07) is 0. The van der Waals surface area contributed by atoms with Crippen molar-refractivity contribution < 1.29 is 20.1 Å². The number of allylic oxidation sites excluding steroid dienone is 8. The van der Waals surface area contributed by atoms with E-state index in [2.05, 4.69) is 6.92 Å². The number of aliphatic hydroxyl groups is 2. The smallest absolute Gasteiger partial charge is 0.303 e. The molecule has 0 amide bonds. The van der Waals surface area contributed by atoms with E-state index in [-0.39, 0.29) is 6.42 Å². The Labute approximate surface area is 157 Å². The van der Waals surface area contributed by atoms with E-state index in [0.717, 1.165) is 12.8 Å². The molecule has 0 rings (SSSR count). The van der Waals surface area contributed by atoms with E-state index in [0.29, 0.717) is 19.3 Å². The van der Waals surface area contributed by atoms with Crippen molar-refractivity contribution in [1.82, 2.24) is 0 Å². The number of hydrogen-bond donors (Lipinski definition) is 3. The average Bonchev–Trinajstić information content (AvgIpc) is 2.60. The Hall–Kier alpha value is -2.17. The van der Waals surface area contributed by atoms with Crippen LogP contribution in [0.15, 0.2) is 72.9 Å². The quantitative estimate of drug-likeness (QED) is 0.315. The van der Waals surface area contributed by atoms with Crippen molar-refractivity contribution in [3.8, 4) is 0 Å². The van der Waals surface area contributed by atoms with E-state index >= 15 is 0 Å². The van der Waals surface area contributed by atoms with Crippen LogP contribution in [0.1, 0.15) is 45.4 Å². The van der Waals surface area contributed by atoms with E-state index in [1.807, 2.05) is 42.5 Å². The van der Waals surface area contributed by atoms with Gasteiger partial charge in [0, 0.05) is 6.42 Å². The first-order valence-corrected chi connectivity index (χ1v) is 9.10. The number of carboxylic acids is 1. The highest BCUT2D eigenvalue weighted by molar-refractivity contribution is 5.66. The largest absolute Gasteiger partial charge is 0.481 e. The van der Waals surface area contributed by atoms with Crippen molar-refractivity contribution in [2.24, 2.45) is 0 Å². The minimum absolute atomic E-state index is 0.114. The first-order chi connectivity index (χ1) is 12.6. The fourth-order valence-corrected chi connectivity index (χ4v) is 1.90. The van der Waals surface area contributed by atoms with Gasteiger partial charge in [-0.2, -0.15) is 0 Å². The van der Waals surface area contributed by atoms with Crippen LogP contribution in [0.4, 0.5) is 0 Å². The van der Waals surface area contributed by atoms with Crippen LogP contribution >= 0.6 is 0 Å². The van der Waals surface area contributed by atoms with Crippen molar-refractivity contribution in [1.29, 1.82) is 0 Å². The van der Waals surface area contributed by atoms with Gasteiger partial charge in [-0.25, -0.2) is 0 Å². The molecule has 0 saturated heterocycles. The highest BCUT2D eigenvalue weighted by Gasteiger charge is 1.95. The molecule has 0 aromatic heterocycles. The zero-order valence-corrected chi connectivity index (χ0v) is 15.6. The summed E-state index contributed by atoms with van der Waals surface area (Å²) in [7, 11) is 0. The lowest BCUT2D eigenvalue weighted by molar-refractivity contribution is -0.136. The Balaban J connectivity index is 3.85. The molecular formula is C22H32O4. The number of carbonyl (C=O) groups is 1. The van der Waals surface area contributed by atoms with Gasteiger partial charge in [0.05, 0.1) is 12.2 Å². The van der Waals surface area contributed by atoms with Crippen molar-refractivity contribution in [3.05, 3.63) is 72.9 Å². The zero-order chi connectivity index (χ0) is 19.5. The number of carboxylic acid groups (broad SMARTS) is 1. The molecule has 0 fully saturated rings. The molecule has 4 nitrogen and oxygen atoms in total. The van der Waals surface area contributed by atoms with Gasteiger partial charge in [0.1, 0.15) is 0 Å². The summed E-state index contributed by atoms with van der Waals surface area (Å²) in [6.07, 6.45) is 24.9. The van der Waals surface area contributed by atoms with Crippen LogP contribution in [0, 0.1) is 0 Å². The first-order valence-electron chi connectivity index (χ1n) is 9.10. The van der Waals surface area contributed by atoms with Crippen molar-refractivity contribution in [2.75, 3.05) is 0 Å². The third kappa shape index (κ3) is 18.2. The summed E-state index contributed by atoms with van der Waals surface area (Å²) in [5, 5.41) is 27.9. The number of aliphatic hydroxyl groups excluding tert-OH is 2. The van der Waals surface area contributed by atoms with Crippen LogP contribution in [0.5, 0.6) is 0 Å². The molecule has 0 aliphatic heterocycles. The minimum Gasteiger partial charge on any atom is -0.481 e. The molecule has 144 valence electrons. The second-order valence-corrected chi connectivity index (χ2v) is 5.75. The molecule has 0 radical (unpaired) electrons. The van der Waals surface area contributed by atoms with E-state index < -0.39 is 18.2 Å². The van der Waals surface area contributed by atoms with Gasteiger partial charge in [0.15, 0.2) is 0 Å². The van der Waals surface area contributed by atoms with Crippen LogP contribution in [0.25, 0.3) is 0 Å². The van der Waals surface area contributed by atoms with Gasteiger partial charge < -0.3 is 15.3 Å². The summed E-state index contributed by atoms with van der Waals surface area (Å²) in [5.41, 5.74) is 0. The molecule has 4 heteroatoms. The molecule has 2 atom stereocenters. The maximum absolute atomic E-state index is 10.3. The fraction of sp³-hybridized carbons (Fsp3) is 0.409. The van der Waals surface area contributed by atoms with Gasteiger partial charge >= 0.3 is 5.97 Å². The highest BCUT2D eigenvalue weighted by atomic mass is 16.4. The predicted octanol–water partition coefficient (Wildman–Crippen LogP) is 4.49. The van der Waals surface area contributed by atoms with E-state index in [1.54, 1.807) is 30.4 Å². The Morgan fingerprint density at radius 3 is 1.85 bits per heavy atom. The molecule has 0 spiro atoms. The Kier molecular flexibility index (Phi) is 16.2. The van der Waals surface area contributed by atoms with E-state index in [9.17, 15) is 15.0 Å². The fourth-order valence-electron chi connectivity index (χ4n) is 1.90. The molecular weight excluding hydrogens is 328 g/mol. The molecule has 3 N–H and O–H groups in total. The lowest BCUT2D eigenvalue weighted by Gasteiger charge is -1.99. The molecule has 0 aromatic carbocycles. The molecule has 0 heterocycles. The number of rotatable bonds is 14. The van der Waals surface area contributed by atoms with E-state index in [4.69, 9.17) is 5.11 Å². The van der Waals surface area contributed by atoms with Gasteiger partial charge in [-0.05, 0) is 32.1 Å². The third-order valence-electron chi connectivity index (χ3n) is 3.28. The van der Waals surface area contributed by atoms with E-state index in [1.165, 1.54) is 0 Å². The Bertz CT molecular complexity index is 524. The highest BCUT2D eigenvalue weighted by Crippen LogP contribution is 2.00. The van der Waals surface area contributed by atoms with Crippen molar-refractivity contribution >= 4 is 5.97 Å². The van der Waals surface area contributed by atoms with Crippen LogP contribution in [-0.4, -0.2) is 33.5 Å². The second-order valence-electron chi connectivity index (χ2n) is 5.75. The maximum atomic E-state index is 10.3. The molecule has 0 aliphatic carbocycles. The average molecular weight is 360 g/mol. The van der Waals surface area contributed by atoms with Gasteiger partial charge in [0.25, 0.3) is 0 Å². The lowest BCUT2D eigenvalue weighted by Crippen LogP contribution is -1.99. The number of hydrogen-bond acceptors (Lipinski definition) is 3. The monoisotopic (exact) mass is 360 g/mol. The summed E-state index contributed by atoms with van der Waals surface area (Å²) in [4.78, 5) is 10.3. The summed E-state index contributed by atoms with van der Waals surface area (Å²) in [5.74, 6) is -0.815. The molecule has 0 aliphatic rings. The van der Waals surface area contributed by atoms with Crippen LogP contribution < -0.4 is 0 Å². The standard InChI is InChI=1S/C22H32O4/c1-2-3-10-15-20(23)16-11-7-5-4-6-8-12-17-21(24)18-13-9-14-19-22(25)26/h3,5-13,16-17,20-21,23-24H,2,4,14-15,18-19H2,1H3,(H,25,26)/b7-5-,8-6-,10-3-,13-9-,16-11+,17-12+/t20-,21+/m1/s1. The van der Waals surface area contributed by atoms with Crippen molar-refractivity contribution in [2.45, 2.75) is 57.7 Å². The topological polar surface area (TPSA) is 77.8 Å². The molecule has 0 bridgehead atoms. The minimum atomic E-state index is -0.815. The molecule has 0 saturated carbocycles. The molecule has 26 heavy (non-hydrogen) atoms. The Morgan fingerprint density at radius 1 is 0.808 bits per heavy atom. The maximum Gasteiger partial charge on any atom is 0.303 e. The van der Waals surface area contributed by atoms with Gasteiger partial charge in [-0.1, -0.05) is 79.8 Å². The summed E-state index contributed by atoms with van der Waals surface area (Å²) in [6.45, 7) is 2.06. The van der Waals surface area contributed by atoms with Crippen LogP contribution in [0.3, 0.4) is 0 Å².